The number of carboxylic acid groups (broad SMARTS) is 1. The summed E-state index contributed by atoms with van der Waals surface area (Å²) < 4.78 is 25.5. The van der Waals surface area contributed by atoms with Crippen molar-refractivity contribution in [1.29, 1.82) is 0 Å². The quantitative estimate of drug-likeness (QED) is 0.291. The number of hydrogen-bond donors (Lipinski definition) is 1. The lowest BCUT2D eigenvalue weighted by Crippen LogP contribution is -2.27. The second-order valence-corrected chi connectivity index (χ2v) is 5.64. The van der Waals surface area contributed by atoms with Gasteiger partial charge in [0.2, 0.25) is 0 Å². The van der Waals surface area contributed by atoms with Gasteiger partial charge >= 0.3 is 11.9 Å². The second kappa shape index (κ2) is 14.9. The fourth-order valence-electron chi connectivity index (χ4n) is 1.93. The van der Waals surface area contributed by atoms with Crippen LogP contribution in [-0.2, 0) is 4.79 Å². The minimum Gasteiger partial charge on any atom is -0.477 e. The van der Waals surface area contributed by atoms with Crippen LogP contribution in [0.3, 0.4) is 0 Å². The van der Waals surface area contributed by atoms with E-state index in [4.69, 9.17) is 5.11 Å². The van der Waals surface area contributed by atoms with E-state index in [1.165, 1.54) is 19.3 Å². The molecule has 136 valence electrons. The number of alkyl halides is 2. The van der Waals surface area contributed by atoms with Crippen LogP contribution < -0.4 is 0 Å². The van der Waals surface area contributed by atoms with Crippen LogP contribution in [-0.4, -0.2) is 17.0 Å². The minimum atomic E-state index is -3.63. The van der Waals surface area contributed by atoms with E-state index in [1.54, 1.807) is 12.2 Å². The van der Waals surface area contributed by atoms with Gasteiger partial charge in [-0.3, -0.25) is 0 Å². The highest BCUT2D eigenvalue weighted by molar-refractivity contribution is 5.75. The SMILES string of the molecule is CCCCCC=CCC=CCC=CCC=CCCC(F)(F)C(=O)O. The first-order valence-corrected chi connectivity index (χ1v) is 8.72. The number of hydrogen-bond acceptors (Lipinski definition) is 1. The largest absolute Gasteiger partial charge is 0.477 e. The van der Waals surface area contributed by atoms with Crippen LogP contribution in [0.15, 0.2) is 48.6 Å². The van der Waals surface area contributed by atoms with Gasteiger partial charge < -0.3 is 5.11 Å². The lowest BCUT2D eigenvalue weighted by Gasteiger charge is -2.08. The van der Waals surface area contributed by atoms with Crippen molar-refractivity contribution in [3.8, 4) is 0 Å². The molecular formula is C20H30F2O2. The first-order chi connectivity index (χ1) is 11.5. The summed E-state index contributed by atoms with van der Waals surface area (Å²) in [4.78, 5) is 10.2. The van der Waals surface area contributed by atoms with Crippen molar-refractivity contribution in [2.75, 3.05) is 0 Å². The Labute approximate surface area is 144 Å². The van der Waals surface area contributed by atoms with Crippen LogP contribution in [0.1, 0.15) is 64.7 Å². The van der Waals surface area contributed by atoms with Gasteiger partial charge in [-0.15, -0.1) is 0 Å². The smallest absolute Gasteiger partial charge is 0.374 e. The third-order valence-corrected chi connectivity index (χ3v) is 3.40. The minimum absolute atomic E-state index is 0.0671. The van der Waals surface area contributed by atoms with E-state index in [0.717, 1.165) is 19.3 Å². The van der Waals surface area contributed by atoms with Crippen molar-refractivity contribution in [1.82, 2.24) is 0 Å². The van der Waals surface area contributed by atoms with Gasteiger partial charge in [-0.1, -0.05) is 68.4 Å². The van der Waals surface area contributed by atoms with E-state index in [1.807, 2.05) is 12.2 Å². The van der Waals surface area contributed by atoms with Gasteiger partial charge in [0, 0.05) is 6.42 Å². The van der Waals surface area contributed by atoms with Crippen LogP contribution in [0.25, 0.3) is 0 Å². The molecule has 1 N–H and O–H groups in total. The highest BCUT2D eigenvalue weighted by Crippen LogP contribution is 2.20. The molecule has 0 radical (unpaired) electrons. The Kier molecular flexibility index (Phi) is 13.8. The molecule has 2 nitrogen and oxygen atoms in total. The molecule has 0 aromatic heterocycles. The molecule has 0 spiro atoms. The fraction of sp³-hybridized carbons (Fsp3) is 0.550. The molecular weight excluding hydrogens is 310 g/mol. The molecule has 24 heavy (non-hydrogen) atoms. The Hall–Kier alpha value is -1.71. The molecule has 4 heteroatoms. The zero-order valence-corrected chi connectivity index (χ0v) is 14.6. The maximum atomic E-state index is 12.8. The molecule has 0 amide bonds. The van der Waals surface area contributed by atoms with Gasteiger partial charge in [-0.25, -0.2) is 4.79 Å². The predicted molar refractivity (Wildman–Crippen MR) is 96.4 cm³/mol. The number of unbranched alkanes of at least 4 members (excludes halogenated alkanes) is 3. The molecule has 0 atom stereocenters. The average Bonchev–Trinajstić information content (AvgIpc) is 2.54. The zero-order chi connectivity index (χ0) is 18.1. The van der Waals surface area contributed by atoms with Crippen LogP contribution in [0.2, 0.25) is 0 Å². The number of allylic oxidation sites excluding steroid dienone is 8. The Morgan fingerprint density at radius 1 is 0.833 bits per heavy atom. The summed E-state index contributed by atoms with van der Waals surface area (Å²) in [7, 11) is 0. The normalized spacial score (nSPS) is 13.1. The van der Waals surface area contributed by atoms with Gasteiger partial charge in [0.15, 0.2) is 0 Å². The van der Waals surface area contributed by atoms with Crippen molar-refractivity contribution < 1.29 is 18.7 Å². The van der Waals surface area contributed by atoms with Gasteiger partial charge in [-0.2, -0.15) is 8.78 Å². The third kappa shape index (κ3) is 13.9. The summed E-state index contributed by atoms with van der Waals surface area (Å²) in [6, 6.07) is 0. The second-order valence-electron chi connectivity index (χ2n) is 5.64. The molecule has 0 saturated carbocycles. The number of rotatable bonds is 14. The Bertz CT molecular complexity index is 435. The summed E-state index contributed by atoms with van der Waals surface area (Å²) in [5.74, 6) is -5.69. The van der Waals surface area contributed by atoms with Crippen molar-refractivity contribution in [3.63, 3.8) is 0 Å². The van der Waals surface area contributed by atoms with E-state index in [9.17, 15) is 13.6 Å². The molecule has 0 bridgehead atoms. The molecule has 0 aliphatic carbocycles. The van der Waals surface area contributed by atoms with Crippen LogP contribution >= 0.6 is 0 Å². The van der Waals surface area contributed by atoms with Crippen molar-refractivity contribution in [3.05, 3.63) is 48.6 Å². The van der Waals surface area contributed by atoms with Crippen molar-refractivity contribution >= 4 is 5.97 Å². The van der Waals surface area contributed by atoms with Gasteiger partial charge in [-0.05, 0) is 38.5 Å². The summed E-state index contributed by atoms with van der Waals surface area (Å²) in [6.07, 6.45) is 22.9. The van der Waals surface area contributed by atoms with Crippen LogP contribution in [0, 0.1) is 0 Å². The molecule has 0 aromatic rings. The summed E-state index contributed by atoms with van der Waals surface area (Å²) >= 11 is 0. The van der Waals surface area contributed by atoms with Crippen molar-refractivity contribution in [2.24, 2.45) is 0 Å². The summed E-state index contributed by atoms with van der Waals surface area (Å²) in [5, 5.41) is 8.27. The molecule has 0 rings (SSSR count). The van der Waals surface area contributed by atoms with Gasteiger partial charge in [0.05, 0.1) is 0 Å². The number of aliphatic carboxylic acids is 1. The molecule has 0 aromatic carbocycles. The maximum Gasteiger partial charge on any atom is 0.374 e. The number of halogens is 2. The zero-order valence-electron chi connectivity index (χ0n) is 14.6. The van der Waals surface area contributed by atoms with E-state index in [0.29, 0.717) is 6.42 Å². The molecule has 0 aliphatic rings. The highest BCUT2D eigenvalue weighted by atomic mass is 19.3. The van der Waals surface area contributed by atoms with E-state index in [2.05, 4.69) is 31.2 Å². The fourth-order valence-corrected chi connectivity index (χ4v) is 1.93. The van der Waals surface area contributed by atoms with Gasteiger partial charge in [0.1, 0.15) is 0 Å². The topological polar surface area (TPSA) is 37.3 Å². The lowest BCUT2D eigenvalue weighted by atomic mass is 10.1. The number of carboxylic acids is 1. The summed E-state index contributed by atoms with van der Waals surface area (Å²) in [5.41, 5.74) is 0. The molecule has 0 unspecified atom stereocenters. The Morgan fingerprint density at radius 2 is 1.29 bits per heavy atom. The summed E-state index contributed by atoms with van der Waals surface area (Å²) in [6.45, 7) is 2.20. The monoisotopic (exact) mass is 340 g/mol. The van der Waals surface area contributed by atoms with Crippen LogP contribution in [0.4, 0.5) is 8.78 Å². The van der Waals surface area contributed by atoms with Gasteiger partial charge in [0.25, 0.3) is 0 Å². The standard InChI is InChI=1S/C20H30F2O2/c1-2-3-4-5-6-7-8-9-10-11-12-13-14-15-16-17-18-20(21,22)19(23)24/h6-7,9-10,12-13,15-16H,2-5,8,11,14,17-18H2,1H3,(H,23,24). The molecule has 0 saturated heterocycles. The molecule has 0 fully saturated rings. The van der Waals surface area contributed by atoms with E-state index < -0.39 is 18.3 Å². The maximum absolute atomic E-state index is 12.8. The Balaban J connectivity index is 3.60. The van der Waals surface area contributed by atoms with Crippen molar-refractivity contribution in [2.45, 2.75) is 70.6 Å². The predicted octanol–water partition coefficient (Wildman–Crippen LogP) is 6.46. The first-order valence-electron chi connectivity index (χ1n) is 8.72. The van der Waals surface area contributed by atoms with E-state index >= 15 is 0 Å². The average molecular weight is 340 g/mol. The van der Waals surface area contributed by atoms with E-state index in [-0.39, 0.29) is 6.42 Å². The molecule has 0 heterocycles. The Morgan fingerprint density at radius 3 is 1.75 bits per heavy atom. The van der Waals surface area contributed by atoms with Crippen LogP contribution in [0.5, 0.6) is 0 Å². The molecule has 0 aliphatic heterocycles. The first kappa shape index (κ1) is 22.3. The highest BCUT2D eigenvalue weighted by Gasteiger charge is 2.37. The lowest BCUT2D eigenvalue weighted by molar-refractivity contribution is -0.165. The number of carbonyl (C=O) groups is 1. The third-order valence-electron chi connectivity index (χ3n) is 3.40.